The first-order valence-electron chi connectivity index (χ1n) is 7.32. The normalized spacial score (nSPS) is 12.7. The monoisotopic (exact) mass is 348 g/mol. The third kappa shape index (κ3) is 5.78. The van der Waals surface area contributed by atoms with Crippen molar-refractivity contribution >= 4 is 15.9 Å². The number of nitrogens with zero attached hydrogens (tertiary/aromatic N) is 1. The van der Waals surface area contributed by atoms with Crippen LogP contribution in [0.5, 0.6) is 0 Å². The summed E-state index contributed by atoms with van der Waals surface area (Å²) in [5, 5.41) is 2.57. The van der Waals surface area contributed by atoms with Crippen molar-refractivity contribution < 1.29 is 22.0 Å². The molecular formula is C15H22F2N2O3S. The number of halogens is 2. The van der Waals surface area contributed by atoms with Crippen LogP contribution in [0.2, 0.25) is 0 Å². The maximum atomic E-state index is 13.5. The highest BCUT2D eigenvalue weighted by molar-refractivity contribution is 7.91. The van der Waals surface area contributed by atoms with Crippen molar-refractivity contribution in [1.29, 1.82) is 0 Å². The van der Waals surface area contributed by atoms with E-state index in [1.165, 1.54) is 24.1 Å². The second kappa shape index (κ2) is 8.24. The molecule has 0 bridgehead atoms. The highest BCUT2D eigenvalue weighted by Gasteiger charge is 2.21. The van der Waals surface area contributed by atoms with Gasteiger partial charge in [-0.1, -0.05) is 19.1 Å². The third-order valence-corrected chi connectivity index (χ3v) is 5.49. The van der Waals surface area contributed by atoms with Crippen LogP contribution in [-0.2, 0) is 16.3 Å². The largest absolute Gasteiger partial charge is 0.338 e. The van der Waals surface area contributed by atoms with E-state index >= 15 is 0 Å². The van der Waals surface area contributed by atoms with E-state index < -0.39 is 33.5 Å². The number of urea groups is 1. The van der Waals surface area contributed by atoms with Gasteiger partial charge in [0.05, 0.1) is 5.75 Å². The lowest BCUT2D eigenvalue weighted by atomic mass is 10.1. The first kappa shape index (κ1) is 19.3. The zero-order chi connectivity index (χ0) is 17.6. The van der Waals surface area contributed by atoms with Crippen molar-refractivity contribution in [3.05, 3.63) is 35.4 Å². The van der Waals surface area contributed by atoms with Crippen LogP contribution in [0, 0.1) is 11.6 Å². The van der Waals surface area contributed by atoms with Crippen molar-refractivity contribution in [2.45, 2.75) is 26.3 Å². The average molecular weight is 348 g/mol. The predicted molar refractivity (Wildman–Crippen MR) is 85.0 cm³/mol. The van der Waals surface area contributed by atoms with Crippen molar-refractivity contribution in [3.8, 4) is 0 Å². The molecule has 0 unspecified atom stereocenters. The molecule has 0 aliphatic carbocycles. The fraction of sp³-hybridized carbons (Fsp3) is 0.533. The van der Waals surface area contributed by atoms with Gasteiger partial charge in [-0.2, -0.15) is 0 Å². The Morgan fingerprint density at radius 3 is 2.61 bits per heavy atom. The summed E-state index contributed by atoms with van der Waals surface area (Å²) in [6.07, 6.45) is 0.144. The molecule has 0 heterocycles. The number of carbonyl (C=O) groups excluding carboxylic acids is 1. The van der Waals surface area contributed by atoms with Crippen LogP contribution in [0.4, 0.5) is 13.6 Å². The highest BCUT2D eigenvalue weighted by atomic mass is 32.2. The summed E-state index contributed by atoms with van der Waals surface area (Å²) in [6.45, 7) is 3.31. The molecule has 0 aromatic heterocycles. The molecular weight excluding hydrogens is 326 g/mol. The minimum atomic E-state index is -3.18. The molecule has 1 atom stereocenters. The fourth-order valence-electron chi connectivity index (χ4n) is 1.97. The first-order chi connectivity index (χ1) is 10.7. The second-order valence-electron chi connectivity index (χ2n) is 5.35. The van der Waals surface area contributed by atoms with Crippen LogP contribution in [0.3, 0.4) is 0 Å². The van der Waals surface area contributed by atoms with Gasteiger partial charge in [0.25, 0.3) is 0 Å². The van der Waals surface area contributed by atoms with E-state index in [1.54, 1.807) is 13.8 Å². The minimum absolute atomic E-state index is 0.0195. The van der Waals surface area contributed by atoms with Crippen LogP contribution in [0.1, 0.15) is 19.4 Å². The van der Waals surface area contributed by atoms with Crippen LogP contribution in [-0.4, -0.2) is 50.5 Å². The molecule has 0 aliphatic heterocycles. The van der Waals surface area contributed by atoms with Crippen LogP contribution >= 0.6 is 0 Å². The van der Waals surface area contributed by atoms with Gasteiger partial charge in [0, 0.05) is 25.4 Å². The molecule has 23 heavy (non-hydrogen) atoms. The van der Waals surface area contributed by atoms with Gasteiger partial charge in [0.1, 0.15) is 0 Å². The predicted octanol–water partition coefficient (Wildman–Crippen LogP) is 1.97. The Bertz CT molecular complexity index is 650. The summed E-state index contributed by atoms with van der Waals surface area (Å²) in [7, 11) is -1.69. The third-order valence-electron chi connectivity index (χ3n) is 3.62. The van der Waals surface area contributed by atoms with Crippen molar-refractivity contribution in [2.75, 3.05) is 25.1 Å². The molecule has 5 nitrogen and oxygen atoms in total. The zero-order valence-corrected chi connectivity index (χ0v) is 14.3. The summed E-state index contributed by atoms with van der Waals surface area (Å²) in [5.41, 5.74) is 0.176. The Morgan fingerprint density at radius 1 is 1.35 bits per heavy atom. The number of hydrogen-bond donors (Lipinski definition) is 1. The molecule has 0 saturated heterocycles. The van der Waals surface area contributed by atoms with E-state index in [-0.39, 0.29) is 30.0 Å². The van der Waals surface area contributed by atoms with Gasteiger partial charge in [-0.3, -0.25) is 0 Å². The summed E-state index contributed by atoms with van der Waals surface area (Å²) in [5.74, 6) is -1.95. The molecule has 1 aromatic rings. The Labute approximate surface area is 135 Å². The summed E-state index contributed by atoms with van der Waals surface area (Å²) in [6, 6.07) is 2.94. The lowest BCUT2D eigenvalue weighted by Gasteiger charge is -2.25. The van der Waals surface area contributed by atoms with Crippen molar-refractivity contribution in [2.24, 2.45) is 0 Å². The van der Waals surface area contributed by atoms with E-state index in [0.29, 0.717) is 0 Å². The van der Waals surface area contributed by atoms with Crippen LogP contribution < -0.4 is 5.32 Å². The Kier molecular flexibility index (Phi) is 6.93. The summed E-state index contributed by atoms with van der Waals surface area (Å²) >= 11 is 0. The minimum Gasteiger partial charge on any atom is -0.338 e. The molecule has 1 N–H and O–H groups in total. The van der Waals surface area contributed by atoms with Gasteiger partial charge in [-0.25, -0.2) is 22.0 Å². The molecule has 130 valence electrons. The van der Waals surface area contributed by atoms with Gasteiger partial charge in [0.15, 0.2) is 21.5 Å². The number of amides is 2. The molecule has 0 aliphatic rings. The average Bonchev–Trinajstić information content (AvgIpc) is 2.50. The number of hydrogen-bond acceptors (Lipinski definition) is 3. The fourth-order valence-corrected chi connectivity index (χ4v) is 3.16. The van der Waals surface area contributed by atoms with E-state index in [2.05, 4.69) is 5.32 Å². The Morgan fingerprint density at radius 2 is 2.00 bits per heavy atom. The molecule has 8 heteroatoms. The molecule has 0 spiro atoms. The number of sulfone groups is 1. The molecule has 1 aromatic carbocycles. The smallest absolute Gasteiger partial charge is 0.317 e. The topological polar surface area (TPSA) is 66.5 Å². The summed E-state index contributed by atoms with van der Waals surface area (Å²) < 4.78 is 49.7. The Hall–Kier alpha value is -1.70. The van der Waals surface area contributed by atoms with Crippen molar-refractivity contribution in [1.82, 2.24) is 10.2 Å². The van der Waals surface area contributed by atoms with Crippen molar-refractivity contribution in [3.63, 3.8) is 0 Å². The molecule has 0 radical (unpaired) electrons. The maximum Gasteiger partial charge on any atom is 0.317 e. The number of benzene rings is 1. The molecule has 2 amide bonds. The van der Waals surface area contributed by atoms with Gasteiger partial charge in [-0.15, -0.1) is 0 Å². The van der Waals surface area contributed by atoms with Crippen LogP contribution in [0.15, 0.2) is 18.2 Å². The maximum absolute atomic E-state index is 13.5. The molecule has 0 saturated carbocycles. The lowest BCUT2D eigenvalue weighted by molar-refractivity contribution is 0.198. The first-order valence-corrected chi connectivity index (χ1v) is 9.14. The van der Waals surface area contributed by atoms with Gasteiger partial charge < -0.3 is 10.2 Å². The second-order valence-corrected chi connectivity index (χ2v) is 7.75. The van der Waals surface area contributed by atoms with Gasteiger partial charge in [-0.05, 0) is 25.0 Å². The molecule has 1 rings (SSSR count). The Balaban J connectivity index is 2.51. The number of carbonyl (C=O) groups is 1. The zero-order valence-electron chi connectivity index (χ0n) is 13.5. The number of nitrogens with one attached hydrogen (secondary N) is 1. The van der Waals surface area contributed by atoms with Gasteiger partial charge in [0.2, 0.25) is 0 Å². The van der Waals surface area contributed by atoms with E-state index in [9.17, 15) is 22.0 Å². The number of rotatable bonds is 7. The van der Waals surface area contributed by atoms with E-state index in [4.69, 9.17) is 0 Å². The van der Waals surface area contributed by atoms with Crippen LogP contribution in [0.25, 0.3) is 0 Å². The quantitative estimate of drug-likeness (QED) is 0.819. The highest BCUT2D eigenvalue weighted by Crippen LogP contribution is 2.11. The van der Waals surface area contributed by atoms with E-state index in [0.717, 1.165) is 6.07 Å². The molecule has 0 fully saturated rings. The van der Waals surface area contributed by atoms with Gasteiger partial charge >= 0.3 is 6.03 Å². The standard InChI is InChI=1S/C15H22F2N2O3S/c1-4-23(21,22)10-11(2)19(3)15(20)18-9-8-12-6-5-7-13(16)14(12)17/h5-7,11H,4,8-10H2,1-3H3,(H,18,20)/t11-/m1/s1. The van der Waals surface area contributed by atoms with E-state index in [1.807, 2.05) is 0 Å². The summed E-state index contributed by atoms with van der Waals surface area (Å²) in [4.78, 5) is 13.2. The lowest BCUT2D eigenvalue weighted by Crippen LogP contribution is -2.45. The SMILES string of the molecule is CCS(=O)(=O)C[C@@H](C)N(C)C(=O)NCCc1cccc(F)c1F.